The topological polar surface area (TPSA) is 108 Å². The van der Waals surface area contributed by atoms with Gasteiger partial charge in [-0.3, -0.25) is 10.1 Å². The van der Waals surface area contributed by atoms with Crippen LogP contribution in [0.3, 0.4) is 0 Å². The molecule has 0 saturated carbocycles. The number of ether oxygens (including phenoxy) is 1. The largest absolute Gasteiger partial charge is 0.487 e. The summed E-state index contributed by atoms with van der Waals surface area (Å²) in [6.45, 7) is 2.00. The van der Waals surface area contributed by atoms with Crippen LogP contribution in [0.5, 0.6) is 5.75 Å². The minimum Gasteiger partial charge on any atom is -0.487 e. The van der Waals surface area contributed by atoms with Gasteiger partial charge in [0, 0.05) is 59.3 Å². The second kappa shape index (κ2) is 12.2. The van der Waals surface area contributed by atoms with Gasteiger partial charge in [-0.25, -0.2) is 14.4 Å². The Morgan fingerprint density at radius 2 is 1.73 bits per heavy atom. The van der Waals surface area contributed by atoms with E-state index in [1.54, 1.807) is 30.9 Å². The predicted octanol–water partition coefficient (Wildman–Crippen LogP) is 6.92. The van der Waals surface area contributed by atoms with Crippen LogP contribution in [-0.2, 0) is 6.61 Å². The number of pyridine rings is 3. The molecular weight excluding hydrogens is 567 g/mol. The molecule has 0 aliphatic carbocycles. The van der Waals surface area contributed by atoms with Crippen molar-refractivity contribution in [3.63, 3.8) is 0 Å². The summed E-state index contributed by atoms with van der Waals surface area (Å²) >= 11 is 0. The summed E-state index contributed by atoms with van der Waals surface area (Å²) < 4.78 is 20.7. The molecular formula is C35H31FN8O. The van der Waals surface area contributed by atoms with E-state index in [1.165, 1.54) is 6.07 Å². The van der Waals surface area contributed by atoms with Crippen molar-refractivity contribution in [3.8, 4) is 39.4 Å². The molecule has 0 atom stereocenters. The monoisotopic (exact) mass is 598 g/mol. The number of H-pyrrole nitrogens is 2. The van der Waals surface area contributed by atoms with E-state index in [1.807, 2.05) is 74.8 Å². The molecule has 7 aromatic rings. The third kappa shape index (κ3) is 6.09. The highest BCUT2D eigenvalue weighted by Gasteiger charge is 2.16. The van der Waals surface area contributed by atoms with Crippen LogP contribution in [0.25, 0.3) is 55.7 Å². The maximum absolute atomic E-state index is 14.7. The maximum Gasteiger partial charge on any atom is 0.181 e. The minimum absolute atomic E-state index is 0.303. The van der Waals surface area contributed by atoms with Gasteiger partial charge in [0.25, 0.3) is 0 Å². The summed E-state index contributed by atoms with van der Waals surface area (Å²) in [7, 11) is 4.01. The smallest absolute Gasteiger partial charge is 0.181 e. The molecule has 0 unspecified atom stereocenters. The number of nitrogens with one attached hydrogen (secondary N) is 3. The second-order valence-corrected chi connectivity index (χ2v) is 11.1. The van der Waals surface area contributed by atoms with E-state index < -0.39 is 0 Å². The number of fused-ring (bicyclic) bond motifs is 2. The Morgan fingerprint density at radius 3 is 2.60 bits per heavy atom. The Balaban J connectivity index is 1.20. The number of hydrogen-bond acceptors (Lipinski definition) is 7. The number of halogens is 1. The Morgan fingerprint density at radius 1 is 0.867 bits per heavy atom. The average molecular weight is 599 g/mol. The van der Waals surface area contributed by atoms with E-state index in [2.05, 4.69) is 40.3 Å². The number of nitrogens with zero attached hydrogens (tertiary/aromatic N) is 5. The highest BCUT2D eigenvalue weighted by atomic mass is 19.1. The fourth-order valence-electron chi connectivity index (χ4n) is 5.34. The van der Waals surface area contributed by atoms with Crippen LogP contribution in [0.15, 0.2) is 97.6 Å². The minimum atomic E-state index is -0.303. The molecule has 5 aromatic heterocycles. The summed E-state index contributed by atoms with van der Waals surface area (Å²) in [5.74, 6) is 0.370. The Labute approximate surface area is 259 Å². The SMILES string of the molecule is CN(C)CCNc1cc(F)cc(-c2ccnc3[nH]c(-c4[nH]nc5ncc(-c6cncc(OCc7ccccc7)c6)cc45)cc23)c1. The molecule has 0 saturated heterocycles. The van der Waals surface area contributed by atoms with E-state index in [-0.39, 0.29) is 5.82 Å². The van der Waals surface area contributed by atoms with Gasteiger partial charge in [0.2, 0.25) is 0 Å². The Hall–Kier alpha value is -5.61. The van der Waals surface area contributed by atoms with Gasteiger partial charge in [-0.15, -0.1) is 0 Å². The molecule has 0 bridgehead atoms. The quantitative estimate of drug-likeness (QED) is 0.157. The number of aromatic amines is 2. The molecule has 10 heteroatoms. The first kappa shape index (κ1) is 28.2. The highest BCUT2D eigenvalue weighted by Crippen LogP contribution is 2.35. The van der Waals surface area contributed by atoms with Gasteiger partial charge >= 0.3 is 0 Å². The summed E-state index contributed by atoms with van der Waals surface area (Å²) in [5.41, 5.74) is 8.06. The molecule has 224 valence electrons. The van der Waals surface area contributed by atoms with Gasteiger partial charge in [-0.2, -0.15) is 5.10 Å². The molecule has 7 rings (SSSR count). The number of anilines is 1. The lowest BCUT2D eigenvalue weighted by atomic mass is 10.0. The molecule has 9 nitrogen and oxygen atoms in total. The van der Waals surface area contributed by atoms with Crippen LogP contribution in [-0.4, -0.2) is 62.2 Å². The number of benzene rings is 2. The zero-order chi connectivity index (χ0) is 30.8. The van der Waals surface area contributed by atoms with Crippen molar-refractivity contribution in [2.45, 2.75) is 6.61 Å². The molecule has 45 heavy (non-hydrogen) atoms. The van der Waals surface area contributed by atoms with Crippen molar-refractivity contribution in [1.82, 2.24) is 35.0 Å². The first-order valence-electron chi connectivity index (χ1n) is 14.6. The number of rotatable bonds is 10. The number of aromatic nitrogens is 6. The second-order valence-electron chi connectivity index (χ2n) is 11.1. The van der Waals surface area contributed by atoms with E-state index in [9.17, 15) is 4.39 Å². The van der Waals surface area contributed by atoms with E-state index in [0.717, 1.165) is 62.2 Å². The van der Waals surface area contributed by atoms with Crippen LogP contribution < -0.4 is 10.1 Å². The fraction of sp³-hybridized carbons (Fsp3) is 0.143. The van der Waals surface area contributed by atoms with Gasteiger partial charge in [0.1, 0.15) is 23.8 Å². The Bertz CT molecular complexity index is 2100. The van der Waals surface area contributed by atoms with E-state index in [0.29, 0.717) is 30.2 Å². The van der Waals surface area contributed by atoms with E-state index >= 15 is 0 Å². The molecule has 0 radical (unpaired) electrons. The predicted molar refractivity (Wildman–Crippen MR) is 175 cm³/mol. The lowest BCUT2D eigenvalue weighted by molar-refractivity contribution is 0.305. The van der Waals surface area contributed by atoms with Crippen LogP contribution in [0.1, 0.15) is 5.56 Å². The summed E-state index contributed by atoms with van der Waals surface area (Å²) in [6, 6.07) is 23.0. The molecule has 5 heterocycles. The molecule has 0 spiro atoms. The van der Waals surface area contributed by atoms with E-state index in [4.69, 9.17) is 4.74 Å². The summed E-state index contributed by atoms with van der Waals surface area (Å²) in [4.78, 5) is 19.1. The van der Waals surface area contributed by atoms with Crippen molar-refractivity contribution >= 4 is 27.8 Å². The Kier molecular flexibility index (Phi) is 7.62. The normalized spacial score (nSPS) is 11.5. The van der Waals surface area contributed by atoms with Crippen molar-refractivity contribution < 1.29 is 9.13 Å². The van der Waals surface area contributed by atoms with Crippen molar-refractivity contribution in [3.05, 3.63) is 109 Å². The van der Waals surface area contributed by atoms with Crippen molar-refractivity contribution in [1.29, 1.82) is 0 Å². The van der Waals surface area contributed by atoms with Gasteiger partial charge in [0.05, 0.1) is 17.6 Å². The zero-order valence-corrected chi connectivity index (χ0v) is 24.9. The van der Waals surface area contributed by atoms with Gasteiger partial charge < -0.3 is 19.9 Å². The number of hydrogen-bond donors (Lipinski definition) is 3. The first-order chi connectivity index (χ1) is 22.0. The maximum atomic E-state index is 14.7. The van der Waals surface area contributed by atoms with Gasteiger partial charge in [-0.05, 0) is 73.3 Å². The standard InChI is InChI=1S/C35H31FN8O/c1-44(2)11-10-38-27-13-23(12-26(36)16-27)29-8-9-39-34-30(29)17-32(41-34)33-31-15-25(19-40-35(31)43-42-33)24-14-28(20-37-18-24)45-21-22-6-4-3-5-7-22/h3-9,12-20,38H,10-11,21H2,1-2H3,(H,39,41)(H,40,42,43). The van der Waals surface area contributed by atoms with Crippen LogP contribution in [0.4, 0.5) is 10.1 Å². The molecule has 0 aliphatic rings. The zero-order valence-electron chi connectivity index (χ0n) is 24.9. The molecule has 2 aromatic carbocycles. The van der Waals surface area contributed by atoms with Gasteiger partial charge in [0.15, 0.2) is 5.65 Å². The van der Waals surface area contributed by atoms with Crippen LogP contribution >= 0.6 is 0 Å². The lowest BCUT2D eigenvalue weighted by Crippen LogP contribution is -2.20. The van der Waals surface area contributed by atoms with Crippen LogP contribution in [0.2, 0.25) is 0 Å². The lowest BCUT2D eigenvalue weighted by Gasteiger charge is -2.13. The molecule has 0 aliphatic heterocycles. The van der Waals surface area contributed by atoms with Crippen LogP contribution in [0, 0.1) is 5.82 Å². The molecule has 0 fully saturated rings. The van der Waals surface area contributed by atoms with Gasteiger partial charge in [-0.1, -0.05) is 30.3 Å². The third-order valence-corrected chi connectivity index (χ3v) is 7.60. The summed E-state index contributed by atoms with van der Waals surface area (Å²) in [5, 5.41) is 12.6. The van der Waals surface area contributed by atoms with Crippen molar-refractivity contribution in [2.75, 3.05) is 32.5 Å². The molecule has 0 amide bonds. The molecule has 3 N–H and O–H groups in total. The third-order valence-electron chi connectivity index (χ3n) is 7.60. The first-order valence-corrected chi connectivity index (χ1v) is 14.6. The summed E-state index contributed by atoms with van der Waals surface area (Å²) in [6.07, 6.45) is 7.01. The number of likely N-dealkylation sites (N-methyl/N-ethyl adjacent to an activating group) is 1. The van der Waals surface area contributed by atoms with Crippen molar-refractivity contribution in [2.24, 2.45) is 0 Å². The highest BCUT2D eigenvalue weighted by molar-refractivity contribution is 6.00. The fourth-order valence-corrected chi connectivity index (χ4v) is 5.34. The average Bonchev–Trinajstić information content (AvgIpc) is 3.68.